The number of H-pyrrole nitrogens is 1. The molecule has 0 aliphatic carbocycles. The second-order valence-electron chi connectivity index (χ2n) is 3.63. The molecule has 0 fully saturated rings. The number of aromatic amines is 1. The molecule has 1 aromatic carbocycles. The van der Waals surface area contributed by atoms with Crippen LogP contribution in [-0.2, 0) is 6.42 Å². The van der Waals surface area contributed by atoms with Crippen LogP contribution < -0.4 is 11.1 Å². The van der Waals surface area contributed by atoms with Gasteiger partial charge in [-0.15, -0.1) is 0 Å². The summed E-state index contributed by atoms with van der Waals surface area (Å²) >= 11 is 5.82. The Bertz CT molecular complexity index is 451. The van der Waals surface area contributed by atoms with Gasteiger partial charge in [-0.2, -0.15) is 0 Å². The third kappa shape index (κ3) is 2.70. The third-order valence-electron chi connectivity index (χ3n) is 2.41. The fourth-order valence-corrected chi connectivity index (χ4v) is 1.73. The van der Waals surface area contributed by atoms with Crippen LogP contribution in [0.1, 0.15) is 5.56 Å². The van der Waals surface area contributed by atoms with Gasteiger partial charge in [0.2, 0.25) is 0 Å². The standard InChI is InChI=1S/C12H14ClN3/c13-10-1-2-12(11(14)7-10)16-6-4-9-3-5-15-8-9/h1-3,5,7-8,15-16H,4,6,14H2. The molecule has 0 radical (unpaired) electrons. The van der Waals surface area contributed by atoms with Crippen LogP contribution in [0.2, 0.25) is 5.02 Å². The van der Waals surface area contributed by atoms with Gasteiger partial charge in [0.05, 0.1) is 11.4 Å². The van der Waals surface area contributed by atoms with Crippen molar-refractivity contribution in [2.45, 2.75) is 6.42 Å². The molecule has 0 spiro atoms. The molecule has 2 aromatic rings. The zero-order valence-corrected chi connectivity index (χ0v) is 9.59. The van der Waals surface area contributed by atoms with Gasteiger partial charge in [0.15, 0.2) is 0 Å². The topological polar surface area (TPSA) is 53.8 Å². The Kier molecular flexibility index (Phi) is 3.37. The summed E-state index contributed by atoms with van der Waals surface area (Å²) in [5, 5.41) is 3.94. The highest BCUT2D eigenvalue weighted by molar-refractivity contribution is 6.31. The van der Waals surface area contributed by atoms with Crippen molar-refractivity contribution in [3.8, 4) is 0 Å². The van der Waals surface area contributed by atoms with Crippen LogP contribution in [0.3, 0.4) is 0 Å². The number of anilines is 2. The first-order valence-electron chi connectivity index (χ1n) is 5.16. The van der Waals surface area contributed by atoms with E-state index in [0.29, 0.717) is 10.7 Å². The molecule has 0 unspecified atom stereocenters. The highest BCUT2D eigenvalue weighted by Crippen LogP contribution is 2.22. The molecule has 4 N–H and O–H groups in total. The van der Waals surface area contributed by atoms with E-state index >= 15 is 0 Å². The summed E-state index contributed by atoms with van der Waals surface area (Å²) in [6, 6.07) is 7.54. The summed E-state index contributed by atoms with van der Waals surface area (Å²) < 4.78 is 0. The second kappa shape index (κ2) is 4.94. The Morgan fingerprint density at radius 2 is 2.19 bits per heavy atom. The molecule has 1 aromatic heterocycles. The highest BCUT2D eigenvalue weighted by atomic mass is 35.5. The van der Waals surface area contributed by atoms with Crippen molar-refractivity contribution in [2.24, 2.45) is 0 Å². The number of rotatable bonds is 4. The lowest BCUT2D eigenvalue weighted by atomic mass is 10.2. The lowest BCUT2D eigenvalue weighted by molar-refractivity contribution is 1.02. The Hall–Kier alpha value is -1.61. The Labute approximate surface area is 99.6 Å². The fourth-order valence-electron chi connectivity index (χ4n) is 1.55. The van der Waals surface area contributed by atoms with E-state index in [9.17, 15) is 0 Å². The van der Waals surface area contributed by atoms with Gasteiger partial charge in [-0.25, -0.2) is 0 Å². The van der Waals surface area contributed by atoms with E-state index in [1.807, 2.05) is 24.5 Å². The number of hydrogen-bond donors (Lipinski definition) is 3. The summed E-state index contributed by atoms with van der Waals surface area (Å²) in [5.74, 6) is 0. The Morgan fingerprint density at radius 1 is 1.31 bits per heavy atom. The van der Waals surface area contributed by atoms with Crippen molar-refractivity contribution < 1.29 is 0 Å². The van der Waals surface area contributed by atoms with Gasteiger partial charge >= 0.3 is 0 Å². The van der Waals surface area contributed by atoms with Gasteiger partial charge < -0.3 is 16.0 Å². The summed E-state index contributed by atoms with van der Waals surface area (Å²) in [5.41, 5.74) is 8.72. The van der Waals surface area contributed by atoms with Crippen LogP contribution in [0.15, 0.2) is 36.7 Å². The predicted molar refractivity (Wildman–Crippen MR) is 68.9 cm³/mol. The maximum atomic E-state index is 5.83. The number of hydrogen-bond acceptors (Lipinski definition) is 2. The van der Waals surface area contributed by atoms with Crippen molar-refractivity contribution >= 4 is 23.0 Å². The van der Waals surface area contributed by atoms with Crippen molar-refractivity contribution in [1.29, 1.82) is 0 Å². The minimum atomic E-state index is 0.661. The summed E-state index contributed by atoms with van der Waals surface area (Å²) in [6.45, 7) is 0.851. The largest absolute Gasteiger partial charge is 0.397 e. The van der Waals surface area contributed by atoms with Crippen LogP contribution >= 0.6 is 11.6 Å². The van der Waals surface area contributed by atoms with Gasteiger partial charge in [0, 0.05) is 24.0 Å². The smallest absolute Gasteiger partial charge is 0.0575 e. The molecule has 3 nitrogen and oxygen atoms in total. The molecule has 0 amide bonds. The van der Waals surface area contributed by atoms with Gasteiger partial charge in [-0.3, -0.25) is 0 Å². The lowest BCUT2D eigenvalue weighted by Crippen LogP contribution is -2.06. The van der Waals surface area contributed by atoms with Crippen molar-refractivity contribution in [1.82, 2.24) is 4.98 Å². The number of nitrogens with one attached hydrogen (secondary N) is 2. The first-order valence-corrected chi connectivity index (χ1v) is 5.54. The maximum Gasteiger partial charge on any atom is 0.0575 e. The molecule has 2 rings (SSSR count). The molecule has 84 valence electrons. The normalized spacial score (nSPS) is 10.3. The van der Waals surface area contributed by atoms with Crippen LogP contribution in [0, 0.1) is 0 Å². The molecule has 0 bridgehead atoms. The fraction of sp³-hybridized carbons (Fsp3) is 0.167. The van der Waals surface area contributed by atoms with Gasteiger partial charge in [-0.05, 0) is 36.2 Å². The molecule has 1 heterocycles. The lowest BCUT2D eigenvalue weighted by Gasteiger charge is -2.08. The van der Waals surface area contributed by atoms with Gasteiger partial charge in [-0.1, -0.05) is 11.6 Å². The van der Waals surface area contributed by atoms with E-state index in [1.165, 1.54) is 5.56 Å². The molecular formula is C12H14ClN3. The zero-order chi connectivity index (χ0) is 11.4. The Balaban J connectivity index is 1.90. The van der Waals surface area contributed by atoms with Gasteiger partial charge in [0.25, 0.3) is 0 Å². The quantitative estimate of drug-likeness (QED) is 0.714. The van der Waals surface area contributed by atoms with E-state index < -0.39 is 0 Å². The maximum absolute atomic E-state index is 5.83. The molecular weight excluding hydrogens is 222 g/mol. The van der Waals surface area contributed by atoms with Crippen LogP contribution in [0.4, 0.5) is 11.4 Å². The number of aromatic nitrogens is 1. The predicted octanol–water partition coefficient (Wildman–Crippen LogP) is 2.90. The van der Waals surface area contributed by atoms with E-state index in [4.69, 9.17) is 17.3 Å². The molecule has 0 aliphatic heterocycles. The number of nitrogens with two attached hydrogens (primary N) is 1. The molecule has 16 heavy (non-hydrogen) atoms. The average Bonchev–Trinajstić information content (AvgIpc) is 2.74. The van der Waals surface area contributed by atoms with E-state index in [-0.39, 0.29) is 0 Å². The number of benzene rings is 1. The summed E-state index contributed by atoms with van der Waals surface area (Å²) in [6.07, 6.45) is 4.88. The van der Waals surface area contributed by atoms with Crippen LogP contribution in [0.25, 0.3) is 0 Å². The number of halogens is 1. The minimum Gasteiger partial charge on any atom is -0.397 e. The molecule has 4 heteroatoms. The van der Waals surface area contributed by atoms with E-state index in [0.717, 1.165) is 18.7 Å². The average molecular weight is 236 g/mol. The van der Waals surface area contributed by atoms with Crippen molar-refractivity contribution in [3.63, 3.8) is 0 Å². The van der Waals surface area contributed by atoms with Crippen molar-refractivity contribution in [2.75, 3.05) is 17.6 Å². The van der Waals surface area contributed by atoms with Crippen LogP contribution in [-0.4, -0.2) is 11.5 Å². The first kappa shape index (κ1) is 10.9. The van der Waals surface area contributed by atoms with Crippen molar-refractivity contribution in [3.05, 3.63) is 47.2 Å². The highest BCUT2D eigenvalue weighted by Gasteiger charge is 1.99. The summed E-state index contributed by atoms with van der Waals surface area (Å²) in [4.78, 5) is 3.03. The van der Waals surface area contributed by atoms with E-state index in [2.05, 4.69) is 16.4 Å². The molecule has 0 aliphatic rings. The SMILES string of the molecule is Nc1cc(Cl)ccc1NCCc1cc[nH]c1. The molecule has 0 atom stereocenters. The number of nitrogen functional groups attached to an aromatic ring is 1. The first-order chi connectivity index (χ1) is 7.75. The third-order valence-corrected chi connectivity index (χ3v) is 2.64. The van der Waals surface area contributed by atoms with E-state index in [1.54, 1.807) is 6.07 Å². The Morgan fingerprint density at radius 3 is 2.88 bits per heavy atom. The van der Waals surface area contributed by atoms with Gasteiger partial charge in [0.1, 0.15) is 0 Å². The van der Waals surface area contributed by atoms with Crippen LogP contribution in [0.5, 0.6) is 0 Å². The zero-order valence-electron chi connectivity index (χ0n) is 8.83. The molecule has 0 saturated carbocycles. The second-order valence-corrected chi connectivity index (χ2v) is 4.06. The summed E-state index contributed by atoms with van der Waals surface area (Å²) in [7, 11) is 0. The minimum absolute atomic E-state index is 0.661. The molecule has 0 saturated heterocycles. The monoisotopic (exact) mass is 235 g/mol.